The standard InChI is InChI=1S/C33H31N3O4/c1-21-13-17-25(18-14-21)35-33(39)36-29(23-15-19-26(40-2)20-16-23)28(31(37)24-11-7-4-8-12-24)27(30(36)32(34)38)22-9-5-3-6-10-22/h3-20,27-30H,1-2H3,(H2,34,38)(H,35,39). The number of Topliss-reactive ketones (excluding diaryl/α,β-unsaturated/α-hetero) is 1. The molecule has 0 bridgehead atoms. The maximum absolute atomic E-state index is 14.3. The molecule has 1 aliphatic rings. The Kier molecular flexibility index (Phi) is 7.64. The van der Waals surface area contributed by atoms with Crippen molar-refractivity contribution in [2.75, 3.05) is 12.4 Å². The number of nitrogens with one attached hydrogen (secondary N) is 1. The maximum atomic E-state index is 14.3. The highest BCUT2D eigenvalue weighted by Crippen LogP contribution is 2.51. The van der Waals surface area contributed by atoms with E-state index in [9.17, 15) is 14.4 Å². The average Bonchev–Trinajstić information content (AvgIpc) is 3.35. The molecular weight excluding hydrogens is 502 g/mol. The monoisotopic (exact) mass is 533 g/mol. The number of rotatable bonds is 7. The summed E-state index contributed by atoms with van der Waals surface area (Å²) in [6, 6.07) is 30.5. The van der Waals surface area contributed by atoms with Gasteiger partial charge >= 0.3 is 6.03 Å². The van der Waals surface area contributed by atoms with Crippen molar-refractivity contribution < 1.29 is 19.1 Å². The van der Waals surface area contributed by atoms with Gasteiger partial charge in [-0.25, -0.2) is 4.79 Å². The molecular formula is C33H31N3O4. The Hall–Kier alpha value is -4.91. The van der Waals surface area contributed by atoms with Crippen LogP contribution in [0.25, 0.3) is 0 Å². The van der Waals surface area contributed by atoms with E-state index in [-0.39, 0.29) is 5.78 Å². The number of hydrogen-bond acceptors (Lipinski definition) is 4. The van der Waals surface area contributed by atoms with E-state index in [0.29, 0.717) is 22.6 Å². The van der Waals surface area contributed by atoms with Gasteiger partial charge in [-0.2, -0.15) is 0 Å². The van der Waals surface area contributed by atoms with Crippen LogP contribution >= 0.6 is 0 Å². The quantitative estimate of drug-likeness (QED) is 0.296. The van der Waals surface area contributed by atoms with Crippen molar-refractivity contribution in [1.29, 1.82) is 0 Å². The lowest BCUT2D eigenvalue weighted by molar-refractivity contribution is -0.122. The second kappa shape index (κ2) is 11.5. The van der Waals surface area contributed by atoms with E-state index >= 15 is 0 Å². The summed E-state index contributed by atoms with van der Waals surface area (Å²) in [5.74, 6) is -1.70. The van der Waals surface area contributed by atoms with Gasteiger partial charge in [0, 0.05) is 17.2 Å². The second-order valence-electron chi connectivity index (χ2n) is 9.96. The summed E-state index contributed by atoms with van der Waals surface area (Å²) in [6.07, 6.45) is 0. The minimum Gasteiger partial charge on any atom is -0.497 e. The second-order valence-corrected chi connectivity index (χ2v) is 9.96. The van der Waals surface area contributed by atoms with Gasteiger partial charge < -0.3 is 20.7 Å². The third kappa shape index (κ3) is 5.18. The first-order valence-electron chi connectivity index (χ1n) is 13.1. The SMILES string of the molecule is COc1ccc(C2C(C(=O)c3ccccc3)C(c3ccccc3)C(C(N)=O)N2C(=O)Nc2ccc(C)cc2)cc1. The molecule has 7 nitrogen and oxygen atoms in total. The number of nitrogens with zero attached hydrogens (tertiary/aromatic N) is 1. The first kappa shape index (κ1) is 26.7. The third-order valence-corrected chi connectivity index (χ3v) is 7.50. The van der Waals surface area contributed by atoms with Crippen LogP contribution in [0.5, 0.6) is 5.75 Å². The minimum atomic E-state index is -1.09. The zero-order chi connectivity index (χ0) is 28.2. The van der Waals surface area contributed by atoms with Gasteiger partial charge in [0.05, 0.1) is 19.1 Å². The number of ether oxygens (including phenoxy) is 1. The molecule has 4 unspecified atom stereocenters. The number of primary amides is 1. The Morgan fingerprint density at radius 3 is 1.95 bits per heavy atom. The summed E-state index contributed by atoms with van der Waals surface area (Å²) < 4.78 is 5.35. The van der Waals surface area contributed by atoms with Gasteiger partial charge in [0.1, 0.15) is 11.8 Å². The number of anilines is 1. The Balaban J connectivity index is 1.70. The lowest BCUT2D eigenvalue weighted by atomic mass is 9.76. The van der Waals surface area contributed by atoms with E-state index in [1.807, 2.05) is 67.6 Å². The fraction of sp³-hybridized carbons (Fsp3) is 0.182. The summed E-state index contributed by atoms with van der Waals surface area (Å²) in [4.78, 5) is 43.1. The summed E-state index contributed by atoms with van der Waals surface area (Å²) >= 11 is 0. The molecule has 40 heavy (non-hydrogen) atoms. The Morgan fingerprint density at radius 1 is 0.775 bits per heavy atom. The van der Waals surface area contributed by atoms with Crippen LogP contribution in [0, 0.1) is 12.8 Å². The number of likely N-dealkylation sites (tertiary alicyclic amines) is 1. The van der Waals surface area contributed by atoms with Gasteiger partial charge in [-0.15, -0.1) is 0 Å². The molecule has 4 atom stereocenters. The molecule has 1 heterocycles. The zero-order valence-corrected chi connectivity index (χ0v) is 22.4. The molecule has 4 aromatic rings. The molecule has 0 aromatic heterocycles. The van der Waals surface area contributed by atoms with Crippen LogP contribution in [0.2, 0.25) is 0 Å². The third-order valence-electron chi connectivity index (χ3n) is 7.50. The van der Waals surface area contributed by atoms with Gasteiger partial charge in [0.2, 0.25) is 5.91 Å². The molecule has 1 saturated heterocycles. The molecule has 4 aromatic carbocycles. The lowest BCUT2D eigenvalue weighted by Gasteiger charge is -2.31. The highest BCUT2D eigenvalue weighted by molar-refractivity contribution is 6.02. The van der Waals surface area contributed by atoms with E-state index in [1.54, 1.807) is 55.6 Å². The largest absolute Gasteiger partial charge is 0.497 e. The highest BCUT2D eigenvalue weighted by Gasteiger charge is 2.57. The molecule has 3 amide bonds. The van der Waals surface area contributed by atoms with Crippen LogP contribution in [-0.2, 0) is 4.79 Å². The van der Waals surface area contributed by atoms with Crippen molar-refractivity contribution in [1.82, 2.24) is 4.90 Å². The van der Waals surface area contributed by atoms with E-state index in [2.05, 4.69) is 5.32 Å². The topological polar surface area (TPSA) is 102 Å². The number of carbonyl (C=O) groups excluding carboxylic acids is 3. The molecule has 3 N–H and O–H groups in total. The van der Waals surface area contributed by atoms with Crippen molar-refractivity contribution in [3.8, 4) is 5.75 Å². The molecule has 0 aliphatic carbocycles. The molecule has 202 valence electrons. The molecule has 0 saturated carbocycles. The van der Waals surface area contributed by atoms with Crippen molar-refractivity contribution in [2.24, 2.45) is 11.7 Å². The van der Waals surface area contributed by atoms with Gasteiger partial charge in [0.15, 0.2) is 5.78 Å². The zero-order valence-electron chi connectivity index (χ0n) is 22.4. The van der Waals surface area contributed by atoms with Gasteiger partial charge in [0.25, 0.3) is 0 Å². The first-order valence-corrected chi connectivity index (χ1v) is 13.1. The van der Waals surface area contributed by atoms with Crippen molar-refractivity contribution in [2.45, 2.75) is 24.9 Å². The summed E-state index contributed by atoms with van der Waals surface area (Å²) in [5, 5.41) is 2.93. The summed E-state index contributed by atoms with van der Waals surface area (Å²) in [6.45, 7) is 1.96. The number of methoxy groups -OCH3 is 1. The first-order chi connectivity index (χ1) is 19.4. The Morgan fingerprint density at radius 2 is 1.38 bits per heavy atom. The number of aryl methyl sites for hydroxylation is 1. The van der Waals surface area contributed by atoms with Crippen LogP contribution < -0.4 is 15.8 Å². The number of nitrogens with two attached hydrogens (primary N) is 1. The maximum Gasteiger partial charge on any atom is 0.323 e. The van der Waals surface area contributed by atoms with Crippen LogP contribution in [0.4, 0.5) is 10.5 Å². The van der Waals surface area contributed by atoms with Crippen molar-refractivity contribution in [3.05, 3.63) is 131 Å². The summed E-state index contributed by atoms with van der Waals surface area (Å²) in [7, 11) is 1.57. The van der Waals surface area contributed by atoms with E-state index in [0.717, 1.165) is 11.1 Å². The molecule has 1 fully saturated rings. The molecule has 5 rings (SSSR count). The van der Waals surface area contributed by atoms with E-state index in [1.165, 1.54) is 4.90 Å². The number of benzene rings is 4. The predicted octanol–water partition coefficient (Wildman–Crippen LogP) is 5.73. The highest BCUT2D eigenvalue weighted by atomic mass is 16.5. The lowest BCUT2D eigenvalue weighted by Crippen LogP contribution is -2.48. The number of amides is 3. The number of carbonyl (C=O) groups is 3. The normalized spacial score (nSPS) is 20.1. The molecule has 1 aliphatic heterocycles. The van der Waals surface area contributed by atoms with Crippen molar-refractivity contribution in [3.63, 3.8) is 0 Å². The molecule has 7 heteroatoms. The number of urea groups is 1. The fourth-order valence-corrected chi connectivity index (χ4v) is 5.64. The average molecular weight is 534 g/mol. The van der Waals surface area contributed by atoms with Gasteiger partial charge in [-0.05, 0) is 42.3 Å². The number of ketones is 1. The predicted molar refractivity (Wildman–Crippen MR) is 154 cm³/mol. The van der Waals surface area contributed by atoms with Crippen LogP contribution in [-0.4, -0.2) is 35.8 Å². The smallest absolute Gasteiger partial charge is 0.323 e. The van der Waals surface area contributed by atoms with E-state index in [4.69, 9.17) is 10.5 Å². The molecule has 0 radical (unpaired) electrons. The van der Waals surface area contributed by atoms with Gasteiger partial charge in [-0.3, -0.25) is 9.59 Å². The van der Waals surface area contributed by atoms with Crippen molar-refractivity contribution >= 4 is 23.4 Å². The number of hydrogen-bond donors (Lipinski definition) is 2. The Labute approximate surface area is 233 Å². The Bertz CT molecular complexity index is 1490. The van der Waals surface area contributed by atoms with Gasteiger partial charge in [-0.1, -0.05) is 90.5 Å². The molecule has 0 spiro atoms. The van der Waals surface area contributed by atoms with Crippen LogP contribution in [0.3, 0.4) is 0 Å². The summed E-state index contributed by atoms with van der Waals surface area (Å²) in [5.41, 5.74) is 9.62. The van der Waals surface area contributed by atoms with Crippen LogP contribution in [0.1, 0.15) is 39.0 Å². The van der Waals surface area contributed by atoms with E-state index < -0.39 is 35.9 Å². The minimum absolute atomic E-state index is 0.174. The fourth-order valence-electron chi connectivity index (χ4n) is 5.64. The van der Waals surface area contributed by atoms with Crippen LogP contribution in [0.15, 0.2) is 109 Å².